The first-order valence-electron chi connectivity index (χ1n) is 6.29. The molecule has 0 unspecified atom stereocenters. The van der Waals surface area contributed by atoms with Crippen LogP contribution in [0.15, 0.2) is 54.6 Å². The smallest absolute Gasteiger partial charge is 0.124 e. The molecule has 0 saturated carbocycles. The average Bonchev–Trinajstić information content (AvgIpc) is 2.93. The summed E-state index contributed by atoms with van der Waals surface area (Å²) in [4.78, 5) is 5.84. The third kappa shape index (κ3) is 2.61. The Balaban J connectivity index is 2.07. The van der Waals surface area contributed by atoms with Gasteiger partial charge in [-0.15, -0.1) is 11.3 Å². The zero-order valence-corrected chi connectivity index (χ0v) is 12.3. The van der Waals surface area contributed by atoms with Crippen LogP contribution in [0.1, 0.15) is 4.88 Å². The highest BCUT2D eigenvalue weighted by molar-refractivity contribution is 7.15. The monoisotopic (exact) mass is 300 g/mol. The molecule has 1 aromatic heterocycles. The zero-order valence-electron chi connectivity index (χ0n) is 10.7. The van der Waals surface area contributed by atoms with Gasteiger partial charge in [0.15, 0.2) is 0 Å². The van der Waals surface area contributed by atoms with Gasteiger partial charge in [-0.25, -0.2) is 4.98 Å². The maximum atomic E-state index is 5.92. The van der Waals surface area contributed by atoms with Gasteiger partial charge in [0.05, 0.1) is 5.69 Å². The van der Waals surface area contributed by atoms with Crippen LogP contribution < -0.4 is 5.73 Å². The normalized spacial score (nSPS) is 10.7. The second kappa shape index (κ2) is 5.75. The first kappa shape index (κ1) is 13.3. The van der Waals surface area contributed by atoms with Crippen LogP contribution in [0.4, 0.5) is 0 Å². The summed E-state index contributed by atoms with van der Waals surface area (Å²) in [5, 5.41) is 1.70. The standard InChI is InChI=1S/C16H13ClN2S/c17-13-8-6-12(7-9-13)16-19-15(14(10-18)20-16)11-4-2-1-3-5-11/h1-9H,10,18H2. The van der Waals surface area contributed by atoms with E-state index in [1.165, 1.54) is 0 Å². The summed E-state index contributed by atoms with van der Waals surface area (Å²) < 4.78 is 0. The SMILES string of the molecule is NCc1sc(-c2ccc(Cl)cc2)nc1-c1ccccc1. The van der Waals surface area contributed by atoms with E-state index in [1.807, 2.05) is 42.5 Å². The minimum absolute atomic E-state index is 0.496. The number of nitrogens with zero attached hydrogens (tertiary/aromatic N) is 1. The van der Waals surface area contributed by atoms with Crippen LogP contribution in [0.3, 0.4) is 0 Å². The summed E-state index contributed by atoms with van der Waals surface area (Å²) in [6.45, 7) is 0.496. The highest BCUT2D eigenvalue weighted by Gasteiger charge is 2.12. The zero-order chi connectivity index (χ0) is 13.9. The highest BCUT2D eigenvalue weighted by atomic mass is 35.5. The number of hydrogen-bond acceptors (Lipinski definition) is 3. The molecule has 3 rings (SSSR count). The van der Waals surface area contributed by atoms with Crippen molar-refractivity contribution < 1.29 is 0 Å². The maximum Gasteiger partial charge on any atom is 0.124 e. The first-order chi connectivity index (χ1) is 9.78. The molecule has 0 aliphatic heterocycles. The van der Waals surface area contributed by atoms with Gasteiger partial charge in [0.2, 0.25) is 0 Å². The Labute approximate surface area is 126 Å². The van der Waals surface area contributed by atoms with Crippen LogP contribution in [0, 0.1) is 0 Å². The van der Waals surface area contributed by atoms with E-state index in [9.17, 15) is 0 Å². The Kier molecular flexibility index (Phi) is 3.83. The van der Waals surface area contributed by atoms with Crippen molar-refractivity contribution in [3.63, 3.8) is 0 Å². The number of hydrogen-bond donors (Lipinski definition) is 1. The lowest BCUT2D eigenvalue weighted by atomic mass is 10.1. The van der Waals surface area contributed by atoms with Crippen molar-refractivity contribution in [2.75, 3.05) is 0 Å². The number of aromatic nitrogens is 1. The van der Waals surface area contributed by atoms with Crippen molar-refractivity contribution in [3.05, 3.63) is 64.5 Å². The fourth-order valence-corrected chi connectivity index (χ4v) is 3.12. The Hall–Kier alpha value is -1.68. The molecule has 0 bridgehead atoms. The van der Waals surface area contributed by atoms with Gasteiger partial charge >= 0.3 is 0 Å². The second-order valence-electron chi connectivity index (χ2n) is 4.37. The van der Waals surface area contributed by atoms with Gasteiger partial charge in [0.25, 0.3) is 0 Å². The summed E-state index contributed by atoms with van der Waals surface area (Å²) in [5.41, 5.74) is 9.00. The summed E-state index contributed by atoms with van der Waals surface area (Å²) in [5.74, 6) is 0. The van der Waals surface area contributed by atoms with Crippen molar-refractivity contribution in [2.45, 2.75) is 6.54 Å². The molecule has 2 nitrogen and oxygen atoms in total. The molecule has 0 amide bonds. The number of rotatable bonds is 3. The van der Waals surface area contributed by atoms with Crippen LogP contribution >= 0.6 is 22.9 Å². The molecule has 0 spiro atoms. The van der Waals surface area contributed by atoms with Gasteiger partial charge in [0.1, 0.15) is 5.01 Å². The van der Waals surface area contributed by atoms with E-state index in [0.29, 0.717) is 6.54 Å². The van der Waals surface area contributed by atoms with E-state index < -0.39 is 0 Å². The summed E-state index contributed by atoms with van der Waals surface area (Å²) in [6, 6.07) is 17.9. The minimum atomic E-state index is 0.496. The molecule has 0 saturated heterocycles. The molecule has 3 aromatic rings. The molecular formula is C16H13ClN2S. The molecule has 0 radical (unpaired) electrons. The first-order valence-corrected chi connectivity index (χ1v) is 7.48. The van der Waals surface area contributed by atoms with E-state index >= 15 is 0 Å². The van der Waals surface area contributed by atoms with E-state index in [1.54, 1.807) is 11.3 Å². The Morgan fingerprint density at radius 2 is 1.65 bits per heavy atom. The van der Waals surface area contributed by atoms with Crippen LogP contribution in [0.5, 0.6) is 0 Å². The fourth-order valence-electron chi connectivity index (χ4n) is 2.03. The summed E-state index contributed by atoms with van der Waals surface area (Å²) in [6.07, 6.45) is 0. The lowest BCUT2D eigenvalue weighted by Gasteiger charge is -1.98. The number of nitrogens with two attached hydrogens (primary N) is 1. The summed E-state index contributed by atoms with van der Waals surface area (Å²) >= 11 is 7.56. The Morgan fingerprint density at radius 3 is 2.30 bits per heavy atom. The van der Waals surface area contributed by atoms with Gasteiger partial charge in [-0.05, 0) is 12.1 Å². The van der Waals surface area contributed by atoms with Crippen molar-refractivity contribution in [3.8, 4) is 21.8 Å². The second-order valence-corrected chi connectivity index (χ2v) is 5.89. The minimum Gasteiger partial charge on any atom is -0.326 e. The molecule has 0 aliphatic carbocycles. The molecular weight excluding hydrogens is 288 g/mol. The van der Waals surface area contributed by atoms with E-state index in [2.05, 4.69) is 12.1 Å². The number of halogens is 1. The van der Waals surface area contributed by atoms with E-state index in [4.69, 9.17) is 22.3 Å². The highest BCUT2D eigenvalue weighted by Crippen LogP contribution is 2.33. The molecule has 1 heterocycles. The van der Waals surface area contributed by atoms with Crippen LogP contribution in [0.2, 0.25) is 5.02 Å². The molecule has 0 aliphatic rings. The van der Waals surface area contributed by atoms with Crippen molar-refractivity contribution in [1.82, 2.24) is 4.98 Å². The van der Waals surface area contributed by atoms with Crippen molar-refractivity contribution in [2.24, 2.45) is 5.73 Å². The quantitative estimate of drug-likeness (QED) is 0.768. The third-order valence-corrected chi connectivity index (χ3v) is 4.40. The Bertz CT molecular complexity index is 705. The lowest BCUT2D eigenvalue weighted by molar-refractivity contribution is 1.10. The number of benzene rings is 2. The van der Waals surface area contributed by atoms with E-state index in [-0.39, 0.29) is 0 Å². The molecule has 2 N–H and O–H groups in total. The Morgan fingerprint density at radius 1 is 0.950 bits per heavy atom. The van der Waals surface area contributed by atoms with E-state index in [0.717, 1.165) is 31.7 Å². The molecule has 100 valence electrons. The lowest BCUT2D eigenvalue weighted by Crippen LogP contribution is -1.95. The molecule has 0 atom stereocenters. The topological polar surface area (TPSA) is 38.9 Å². The van der Waals surface area contributed by atoms with Crippen LogP contribution in [-0.2, 0) is 6.54 Å². The largest absolute Gasteiger partial charge is 0.326 e. The van der Waals surface area contributed by atoms with Gasteiger partial charge in [0, 0.05) is 27.6 Å². The van der Waals surface area contributed by atoms with Gasteiger partial charge in [-0.3, -0.25) is 0 Å². The molecule has 2 aromatic carbocycles. The predicted molar refractivity (Wildman–Crippen MR) is 85.9 cm³/mol. The van der Waals surface area contributed by atoms with Gasteiger partial charge in [-0.1, -0.05) is 54.1 Å². The number of thiazole rings is 1. The molecule has 4 heteroatoms. The predicted octanol–water partition coefficient (Wildman–Crippen LogP) is 4.59. The maximum absolute atomic E-state index is 5.92. The summed E-state index contributed by atoms with van der Waals surface area (Å²) in [7, 11) is 0. The fraction of sp³-hybridized carbons (Fsp3) is 0.0625. The molecule has 20 heavy (non-hydrogen) atoms. The van der Waals surface area contributed by atoms with Gasteiger partial charge < -0.3 is 5.73 Å². The third-order valence-electron chi connectivity index (χ3n) is 3.02. The van der Waals surface area contributed by atoms with Crippen LogP contribution in [-0.4, -0.2) is 4.98 Å². The average molecular weight is 301 g/mol. The van der Waals surface area contributed by atoms with Crippen LogP contribution in [0.25, 0.3) is 21.8 Å². The van der Waals surface area contributed by atoms with Gasteiger partial charge in [-0.2, -0.15) is 0 Å². The van der Waals surface area contributed by atoms with Crippen molar-refractivity contribution >= 4 is 22.9 Å². The van der Waals surface area contributed by atoms with Crippen molar-refractivity contribution in [1.29, 1.82) is 0 Å². The molecule has 0 fully saturated rings.